The molecule has 2 heterocycles. The standard InChI is InChI=1S/C19H12N2O2/c22-18-14(12-7-3-1-5-9-16(12)20-18)11-15-13-8-4-2-6-10-17(13)21-19(15)23/h1-11H,(H,20,22). The maximum absolute atomic E-state index is 12.3. The van der Waals surface area contributed by atoms with Gasteiger partial charge in [-0.2, -0.15) is 0 Å². The van der Waals surface area contributed by atoms with E-state index in [4.69, 9.17) is 0 Å². The first-order valence-corrected chi connectivity index (χ1v) is 7.25. The van der Waals surface area contributed by atoms with E-state index in [-0.39, 0.29) is 11.5 Å². The summed E-state index contributed by atoms with van der Waals surface area (Å²) in [7, 11) is 0. The summed E-state index contributed by atoms with van der Waals surface area (Å²) in [5, 5.41) is 0. The van der Waals surface area contributed by atoms with E-state index in [1.165, 1.54) is 0 Å². The monoisotopic (exact) mass is 300 g/mol. The molecule has 1 N–H and O–H groups in total. The molecule has 4 nitrogen and oxygen atoms in total. The van der Waals surface area contributed by atoms with Crippen LogP contribution >= 0.6 is 0 Å². The second-order valence-electron chi connectivity index (χ2n) is 5.29. The third-order valence-electron chi connectivity index (χ3n) is 3.87. The van der Waals surface area contributed by atoms with E-state index in [0.717, 1.165) is 16.8 Å². The number of carbonyl (C=O) groups is 1. The van der Waals surface area contributed by atoms with Gasteiger partial charge >= 0.3 is 0 Å². The lowest BCUT2D eigenvalue weighted by atomic mass is 10.00. The van der Waals surface area contributed by atoms with E-state index in [0.29, 0.717) is 16.8 Å². The van der Waals surface area contributed by atoms with Crippen LogP contribution in [0.5, 0.6) is 0 Å². The van der Waals surface area contributed by atoms with Crippen LogP contribution < -0.4 is 5.56 Å². The highest BCUT2D eigenvalue weighted by Gasteiger charge is 2.26. The van der Waals surface area contributed by atoms with Gasteiger partial charge in [0.25, 0.3) is 11.5 Å². The first kappa shape index (κ1) is 13.4. The molecule has 0 fully saturated rings. The molecule has 2 aliphatic carbocycles. The number of nitrogens with one attached hydrogen (secondary N) is 1. The van der Waals surface area contributed by atoms with Gasteiger partial charge in [-0.1, -0.05) is 48.6 Å². The van der Waals surface area contributed by atoms with E-state index in [1.54, 1.807) is 12.2 Å². The van der Waals surface area contributed by atoms with Gasteiger partial charge in [0.15, 0.2) is 0 Å². The van der Waals surface area contributed by atoms with E-state index in [2.05, 4.69) is 9.98 Å². The second-order valence-corrected chi connectivity index (χ2v) is 5.29. The molecular weight excluding hydrogens is 288 g/mol. The molecule has 0 saturated carbocycles. The van der Waals surface area contributed by atoms with Gasteiger partial charge in [-0.3, -0.25) is 9.59 Å². The minimum Gasteiger partial charge on any atom is -0.321 e. The highest BCUT2D eigenvalue weighted by atomic mass is 16.1. The number of nitrogens with zero attached hydrogens (tertiary/aromatic N) is 1. The number of aromatic amines is 1. The molecule has 110 valence electrons. The van der Waals surface area contributed by atoms with E-state index in [9.17, 15) is 9.59 Å². The van der Waals surface area contributed by atoms with Crippen molar-refractivity contribution >= 4 is 17.7 Å². The van der Waals surface area contributed by atoms with Crippen LogP contribution in [0.4, 0.5) is 0 Å². The van der Waals surface area contributed by atoms with Crippen LogP contribution in [-0.2, 0) is 4.79 Å². The molecule has 0 aromatic carbocycles. The molecule has 0 aromatic heterocycles. The van der Waals surface area contributed by atoms with Gasteiger partial charge in [0.2, 0.25) is 0 Å². The van der Waals surface area contributed by atoms with Crippen LogP contribution in [-0.4, -0.2) is 16.6 Å². The zero-order valence-corrected chi connectivity index (χ0v) is 12.1. The lowest BCUT2D eigenvalue weighted by Gasteiger charge is -1.99. The molecule has 0 spiro atoms. The Balaban J connectivity index is 1.90. The third-order valence-corrected chi connectivity index (χ3v) is 3.87. The fourth-order valence-electron chi connectivity index (χ4n) is 2.78. The van der Waals surface area contributed by atoms with Crippen molar-refractivity contribution in [3.8, 4) is 11.3 Å². The molecule has 0 radical (unpaired) electrons. The molecule has 4 heteroatoms. The minimum atomic E-state index is -0.319. The van der Waals surface area contributed by atoms with Crippen molar-refractivity contribution in [2.75, 3.05) is 0 Å². The normalized spacial score (nSPS) is 18.1. The van der Waals surface area contributed by atoms with Gasteiger partial charge in [-0.25, -0.2) is 4.99 Å². The molecule has 0 saturated heterocycles. The number of aliphatic imine (C=N–C) groups is 1. The highest BCUT2D eigenvalue weighted by molar-refractivity contribution is 6.30. The van der Waals surface area contributed by atoms with Crippen molar-refractivity contribution < 1.29 is 4.79 Å². The molecule has 1 amide bonds. The van der Waals surface area contributed by atoms with Gasteiger partial charge in [0, 0.05) is 22.4 Å². The highest BCUT2D eigenvalue weighted by Crippen LogP contribution is 2.29. The summed E-state index contributed by atoms with van der Waals surface area (Å²) in [6, 6.07) is 9.32. The third kappa shape index (κ3) is 2.21. The van der Waals surface area contributed by atoms with Gasteiger partial charge in [-0.15, -0.1) is 0 Å². The van der Waals surface area contributed by atoms with Crippen molar-refractivity contribution in [2.45, 2.75) is 0 Å². The van der Waals surface area contributed by atoms with E-state index in [1.807, 2.05) is 54.6 Å². The summed E-state index contributed by atoms with van der Waals surface area (Å²) < 4.78 is 0. The molecule has 0 bridgehead atoms. The van der Waals surface area contributed by atoms with Crippen LogP contribution in [0.1, 0.15) is 5.56 Å². The fourth-order valence-corrected chi connectivity index (χ4v) is 2.78. The number of H-pyrrole nitrogens is 1. The molecule has 0 aromatic rings. The average Bonchev–Trinajstić information content (AvgIpc) is 2.81. The SMILES string of the molecule is O=C1N=C2C=CC=CC=C2C1=Cc1c2cccccc-2[nH]c1=O. The smallest absolute Gasteiger partial charge is 0.278 e. The van der Waals surface area contributed by atoms with Crippen molar-refractivity contribution in [2.24, 2.45) is 4.99 Å². The number of hydrogen-bond donors (Lipinski definition) is 1. The Morgan fingerprint density at radius 2 is 1.87 bits per heavy atom. The van der Waals surface area contributed by atoms with Crippen LogP contribution in [0.15, 0.2) is 81.6 Å². The number of aromatic nitrogens is 1. The van der Waals surface area contributed by atoms with Crippen molar-refractivity contribution in [3.05, 3.63) is 87.8 Å². The van der Waals surface area contributed by atoms with E-state index >= 15 is 0 Å². The molecule has 4 aliphatic rings. The Bertz CT molecular complexity index is 1000. The Morgan fingerprint density at radius 3 is 2.78 bits per heavy atom. The largest absolute Gasteiger partial charge is 0.321 e. The second kappa shape index (κ2) is 5.18. The summed E-state index contributed by atoms with van der Waals surface area (Å²) in [6.07, 6.45) is 10.8. The minimum absolute atomic E-state index is 0.208. The van der Waals surface area contributed by atoms with Crippen LogP contribution in [0.2, 0.25) is 0 Å². The molecule has 0 unspecified atom stereocenters. The van der Waals surface area contributed by atoms with Crippen LogP contribution in [0, 0.1) is 0 Å². The first-order chi connectivity index (χ1) is 11.2. The predicted molar refractivity (Wildman–Crippen MR) is 90.5 cm³/mol. The van der Waals surface area contributed by atoms with Crippen molar-refractivity contribution in [3.63, 3.8) is 0 Å². The Hall–Kier alpha value is -3.27. The molecule has 4 rings (SSSR count). The molecule has 23 heavy (non-hydrogen) atoms. The van der Waals surface area contributed by atoms with Gasteiger partial charge in [0.1, 0.15) is 0 Å². The van der Waals surface area contributed by atoms with Crippen LogP contribution in [0.3, 0.4) is 0 Å². The quantitative estimate of drug-likeness (QED) is 0.823. The van der Waals surface area contributed by atoms with Gasteiger partial charge in [0.05, 0.1) is 11.3 Å². The number of hydrogen-bond acceptors (Lipinski definition) is 2. The summed E-state index contributed by atoms with van der Waals surface area (Å²) in [5.74, 6) is -0.319. The van der Waals surface area contributed by atoms with Crippen molar-refractivity contribution in [1.29, 1.82) is 0 Å². The summed E-state index contributed by atoms with van der Waals surface area (Å²) in [5.41, 5.74) is 3.62. The molecule has 0 atom stereocenters. The lowest BCUT2D eigenvalue weighted by molar-refractivity contribution is -0.113. The number of amides is 1. The zero-order chi connectivity index (χ0) is 15.8. The molecular formula is C19H12N2O2. The lowest BCUT2D eigenvalue weighted by Crippen LogP contribution is -2.03. The summed E-state index contributed by atoms with van der Waals surface area (Å²) in [6.45, 7) is 0. The summed E-state index contributed by atoms with van der Waals surface area (Å²) >= 11 is 0. The van der Waals surface area contributed by atoms with Gasteiger partial charge in [-0.05, 0) is 18.2 Å². The number of fused-ring (bicyclic) bond motifs is 2. The topological polar surface area (TPSA) is 62.3 Å². The van der Waals surface area contributed by atoms with Gasteiger partial charge < -0.3 is 4.98 Å². The first-order valence-electron chi connectivity index (χ1n) is 7.25. The predicted octanol–water partition coefficient (Wildman–Crippen LogP) is 2.90. The Morgan fingerprint density at radius 1 is 1.00 bits per heavy atom. The number of rotatable bonds is 1. The number of allylic oxidation sites excluding steroid dienone is 5. The summed E-state index contributed by atoms with van der Waals surface area (Å²) in [4.78, 5) is 31.4. The molecule has 2 aliphatic heterocycles. The Labute approximate surface area is 132 Å². The maximum atomic E-state index is 12.3. The zero-order valence-electron chi connectivity index (χ0n) is 12.1. The van der Waals surface area contributed by atoms with Crippen LogP contribution in [0.25, 0.3) is 17.3 Å². The Kier molecular flexibility index (Phi) is 3.01. The van der Waals surface area contributed by atoms with Crippen molar-refractivity contribution in [1.82, 2.24) is 4.98 Å². The average molecular weight is 300 g/mol. The maximum Gasteiger partial charge on any atom is 0.278 e. The fraction of sp³-hybridized carbons (Fsp3) is 0. The number of carbonyl (C=O) groups excluding carboxylic acids is 1. The van der Waals surface area contributed by atoms with E-state index < -0.39 is 0 Å².